The highest BCUT2D eigenvalue weighted by atomic mass is 16.6. The summed E-state index contributed by atoms with van der Waals surface area (Å²) in [6.45, 7) is 13.2. The lowest BCUT2D eigenvalue weighted by atomic mass is 9.90. The van der Waals surface area contributed by atoms with Gasteiger partial charge < -0.3 is 19.9 Å². The number of carbonyl (C=O) groups excluding carboxylic acids is 1. The molecule has 0 spiro atoms. The molecule has 2 N–H and O–H groups in total. The molecule has 6 heteroatoms. The highest BCUT2D eigenvalue weighted by Gasteiger charge is 2.27. The van der Waals surface area contributed by atoms with E-state index in [-0.39, 0.29) is 11.6 Å². The number of amides is 1. The lowest BCUT2D eigenvalue weighted by Gasteiger charge is -2.33. The van der Waals surface area contributed by atoms with Crippen LogP contribution < -0.4 is 10.6 Å². The van der Waals surface area contributed by atoms with Gasteiger partial charge in [-0.05, 0) is 40.0 Å². The maximum atomic E-state index is 11.9. The normalized spacial score (nSPS) is 14.6. The van der Waals surface area contributed by atoms with Crippen LogP contribution in [0.1, 0.15) is 53.8 Å². The van der Waals surface area contributed by atoms with Crippen molar-refractivity contribution in [2.24, 2.45) is 13.0 Å². The minimum atomic E-state index is -0.487. The summed E-state index contributed by atoms with van der Waals surface area (Å²) in [6, 6.07) is 0. The molecule has 132 valence electrons. The number of carbonyl (C=O) groups is 1. The van der Waals surface area contributed by atoms with Gasteiger partial charge in [-0.2, -0.15) is 0 Å². The molecule has 1 aromatic heterocycles. The Morgan fingerprint density at radius 3 is 2.48 bits per heavy atom. The van der Waals surface area contributed by atoms with Crippen molar-refractivity contribution in [2.45, 2.75) is 65.6 Å². The number of aromatic nitrogens is 2. The topological polar surface area (TPSA) is 68.2 Å². The number of nitrogens with one attached hydrogen (secondary N) is 2. The molecule has 0 bridgehead atoms. The Balaban J connectivity index is 2.62. The smallest absolute Gasteiger partial charge is 0.407 e. The third-order valence-electron chi connectivity index (χ3n) is 3.47. The van der Waals surface area contributed by atoms with Gasteiger partial charge in [0.25, 0.3) is 0 Å². The highest BCUT2D eigenvalue weighted by molar-refractivity contribution is 5.67. The zero-order valence-corrected chi connectivity index (χ0v) is 15.6. The summed E-state index contributed by atoms with van der Waals surface area (Å²) >= 11 is 0. The van der Waals surface area contributed by atoms with E-state index < -0.39 is 5.60 Å². The van der Waals surface area contributed by atoms with Gasteiger partial charge in [-0.15, -0.1) is 0 Å². The second kappa shape index (κ2) is 7.81. The summed E-state index contributed by atoms with van der Waals surface area (Å²) in [5.41, 5.74) is -0.712. The molecule has 0 saturated carbocycles. The second-order valence-corrected chi connectivity index (χ2v) is 7.82. The van der Waals surface area contributed by atoms with Crippen molar-refractivity contribution in [1.82, 2.24) is 20.2 Å². The van der Waals surface area contributed by atoms with Crippen molar-refractivity contribution >= 4 is 6.09 Å². The van der Waals surface area contributed by atoms with Crippen LogP contribution in [0.2, 0.25) is 0 Å². The largest absolute Gasteiger partial charge is 0.444 e. The quantitative estimate of drug-likeness (QED) is 0.809. The van der Waals surface area contributed by atoms with Gasteiger partial charge in [0.05, 0.1) is 6.54 Å². The molecule has 0 aliphatic rings. The Hall–Kier alpha value is -1.56. The summed E-state index contributed by atoms with van der Waals surface area (Å²) in [4.78, 5) is 16.2. The van der Waals surface area contributed by atoms with Gasteiger partial charge in [-0.25, -0.2) is 9.78 Å². The molecule has 0 unspecified atom stereocenters. The van der Waals surface area contributed by atoms with Gasteiger partial charge in [-0.3, -0.25) is 0 Å². The minimum Gasteiger partial charge on any atom is -0.444 e. The highest BCUT2D eigenvalue weighted by Crippen LogP contribution is 2.17. The molecular weight excluding hydrogens is 292 g/mol. The average Bonchev–Trinajstić information content (AvgIpc) is 2.77. The molecule has 1 atom stereocenters. The first-order valence-electron chi connectivity index (χ1n) is 8.19. The molecule has 0 radical (unpaired) electrons. The van der Waals surface area contributed by atoms with E-state index in [0.717, 1.165) is 12.2 Å². The van der Waals surface area contributed by atoms with E-state index in [9.17, 15) is 4.79 Å². The third kappa shape index (κ3) is 7.50. The zero-order chi connectivity index (χ0) is 17.7. The van der Waals surface area contributed by atoms with Gasteiger partial charge in [0.2, 0.25) is 0 Å². The zero-order valence-electron chi connectivity index (χ0n) is 15.6. The molecule has 0 aliphatic carbocycles. The molecule has 1 heterocycles. The molecule has 0 saturated heterocycles. The van der Waals surface area contributed by atoms with E-state index in [1.54, 1.807) is 6.20 Å². The van der Waals surface area contributed by atoms with Gasteiger partial charge in [0.15, 0.2) is 0 Å². The van der Waals surface area contributed by atoms with Crippen molar-refractivity contribution < 1.29 is 9.53 Å². The number of ether oxygens (including phenoxy) is 1. The summed E-state index contributed by atoms with van der Waals surface area (Å²) in [6.07, 6.45) is 4.27. The monoisotopic (exact) mass is 324 g/mol. The minimum absolute atomic E-state index is 0.225. The van der Waals surface area contributed by atoms with E-state index >= 15 is 0 Å². The number of imidazole rings is 1. The standard InChI is InChI=1S/C17H32N4O2/c1-13(2)10-17(6,12-19-15(22)23-16(3,4)5)20-11-14-18-8-9-21(14)7/h8-9,13,20H,10-12H2,1-7H3,(H,19,22)/t17-/m0/s1. The fraction of sp³-hybridized carbons (Fsp3) is 0.765. The molecule has 0 aliphatic heterocycles. The predicted molar refractivity (Wildman–Crippen MR) is 92.1 cm³/mol. The van der Waals surface area contributed by atoms with Gasteiger partial charge in [0, 0.05) is 31.5 Å². The van der Waals surface area contributed by atoms with E-state index in [0.29, 0.717) is 19.0 Å². The number of aryl methyl sites for hydroxylation is 1. The number of rotatable bonds is 7. The van der Waals surface area contributed by atoms with Crippen molar-refractivity contribution in [3.05, 3.63) is 18.2 Å². The summed E-state index contributed by atoms with van der Waals surface area (Å²) in [5, 5.41) is 6.41. The molecule has 0 fully saturated rings. The van der Waals surface area contributed by atoms with Crippen LogP contribution in [0.3, 0.4) is 0 Å². The number of nitrogens with zero attached hydrogens (tertiary/aromatic N) is 2. The lowest BCUT2D eigenvalue weighted by Crippen LogP contribution is -2.52. The van der Waals surface area contributed by atoms with Crippen molar-refractivity contribution in [3.63, 3.8) is 0 Å². The third-order valence-corrected chi connectivity index (χ3v) is 3.47. The Morgan fingerprint density at radius 2 is 2.00 bits per heavy atom. The maximum Gasteiger partial charge on any atom is 0.407 e. The van der Waals surface area contributed by atoms with Crippen LogP contribution in [-0.2, 0) is 18.3 Å². The van der Waals surface area contributed by atoms with Crippen molar-refractivity contribution in [3.8, 4) is 0 Å². The molecule has 1 amide bonds. The summed E-state index contributed by atoms with van der Waals surface area (Å²) in [5.74, 6) is 1.48. The lowest BCUT2D eigenvalue weighted by molar-refractivity contribution is 0.0507. The molecule has 23 heavy (non-hydrogen) atoms. The first-order chi connectivity index (χ1) is 10.5. The molecule has 1 rings (SSSR count). The fourth-order valence-electron chi connectivity index (χ4n) is 2.55. The van der Waals surface area contributed by atoms with Crippen molar-refractivity contribution in [1.29, 1.82) is 0 Å². The van der Waals surface area contributed by atoms with Crippen LogP contribution in [0.25, 0.3) is 0 Å². The van der Waals surface area contributed by atoms with Gasteiger partial charge in [0.1, 0.15) is 11.4 Å². The molecule has 1 aromatic rings. The van der Waals surface area contributed by atoms with E-state index in [4.69, 9.17) is 4.74 Å². The van der Waals surface area contributed by atoms with Crippen LogP contribution in [0, 0.1) is 5.92 Å². The second-order valence-electron chi connectivity index (χ2n) is 7.82. The Kier molecular flexibility index (Phi) is 6.62. The van der Waals surface area contributed by atoms with Crippen LogP contribution in [0.15, 0.2) is 12.4 Å². The Labute approximate surface area is 140 Å². The number of alkyl carbamates (subject to hydrolysis) is 1. The van der Waals surface area contributed by atoms with Gasteiger partial charge >= 0.3 is 6.09 Å². The van der Waals surface area contributed by atoms with Crippen LogP contribution in [0.4, 0.5) is 4.79 Å². The predicted octanol–water partition coefficient (Wildman–Crippen LogP) is 2.84. The first-order valence-corrected chi connectivity index (χ1v) is 8.19. The van der Waals surface area contributed by atoms with Gasteiger partial charge in [-0.1, -0.05) is 13.8 Å². The molecule has 0 aromatic carbocycles. The molecular formula is C17H32N4O2. The summed E-state index contributed by atoms with van der Waals surface area (Å²) in [7, 11) is 1.97. The van der Waals surface area contributed by atoms with E-state index in [2.05, 4.69) is 36.4 Å². The van der Waals surface area contributed by atoms with Crippen LogP contribution in [-0.4, -0.2) is 33.3 Å². The SMILES string of the molecule is CC(C)C[C@@](C)(CNC(=O)OC(C)(C)C)NCc1nccn1C. The van der Waals surface area contributed by atoms with Crippen molar-refractivity contribution in [2.75, 3.05) is 6.54 Å². The first kappa shape index (κ1) is 19.5. The fourth-order valence-corrected chi connectivity index (χ4v) is 2.55. The summed E-state index contributed by atoms with van der Waals surface area (Å²) < 4.78 is 7.30. The van der Waals surface area contributed by atoms with Crippen LogP contribution >= 0.6 is 0 Å². The Morgan fingerprint density at radius 1 is 1.35 bits per heavy atom. The van der Waals surface area contributed by atoms with Crippen LogP contribution in [0.5, 0.6) is 0 Å². The number of hydrogen-bond donors (Lipinski definition) is 2. The van der Waals surface area contributed by atoms with E-state index in [1.807, 2.05) is 38.6 Å². The molecule has 6 nitrogen and oxygen atoms in total. The Bertz CT molecular complexity index is 505. The maximum absolute atomic E-state index is 11.9. The average molecular weight is 324 g/mol. The van der Waals surface area contributed by atoms with E-state index in [1.165, 1.54) is 0 Å². The number of hydrogen-bond acceptors (Lipinski definition) is 4.